The van der Waals surface area contributed by atoms with E-state index in [4.69, 9.17) is 5.73 Å². The number of primary amides is 1. The number of carbonyl (C=O) groups is 1. The van der Waals surface area contributed by atoms with Crippen molar-refractivity contribution in [2.75, 3.05) is 19.6 Å². The smallest absolute Gasteiger partial charge is 0.236 e. The Balaban J connectivity index is 2.03. The maximum Gasteiger partial charge on any atom is 0.236 e. The number of aryl methyl sites for hydroxylation is 1. The number of aromatic nitrogens is 2. The minimum Gasteiger partial charge on any atom is -0.368 e. The van der Waals surface area contributed by atoms with Gasteiger partial charge in [-0.3, -0.25) is 14.4 Å². The Morgan fingerprint density at radius 1 is 1.75 bits per heavy atom. The molecule has 16 heavy (non-hydrogen) atoms. The monoisotopic (exact) mass is 223 g/mol. The SMILES string of the molecule is Cn1cc(CN2CCNCC2C(N)=O)cn1. The summed E-state index contributed by atoms with van der Waals surface area (Å²) in [4.78, 5) is 13.4. The summed E-state index contributed by atoms with van der Waals surface area (Å²) in [6, 6.07) is -0.214. The molecule has 2 heterocycles. The van der Waals surface area contributed by atoms with Gasteiger partial charge in [0.2, 0.25) is 5.91 Å². The Bertz CT molecular complexity index is 375. The fourth-order valence-electron chi connectivity index (χ4n) is 2.00. The van der Waals surface area contributed by atoms with Crippen molar-refractivity contribution in [1.29, 1.82) is 0 Å². The first-order chi connectivity index (χ1) is 7.66. The van der Waals surface area contributed by atoms with Gasteiger partial charge in [-0.2, -0.15) is 5.10 Å². The number of rotatable bonds is 3. The van der Waals surface area contributed by atoms with Gasteiger partial charge in [-0.15, -0.1) is 0 Å². The van der Waals surface area contributed by atoms with Crippen molar-refractivity contribution in [3.8, 4) is 0 Å². The Labute approximate surface area is 94.4 Å². The van der Waals surface area contributed by atoms with Gasteiger partial charge in [0, 0.05) is 45.0 Å². The second-order valence-corrected chi connectivity index (χ2v) is 4.12. The summed E-state index contributed by atoms with van der Waals surface area (Å²) in [5.74, 6) is -0.268. The zero-order chi connectivity index (χ0) is 11.5. The van der Waals surface area contributed by atoms with Crippen LogP contribution >= 0.6 is 0 Å². The van der Waals surface area contributed by atoms with E-state index in [2.05, 4.69) is 15.3 Å². The molecule has 6 heteroatoms. The molecule has 0 bridgehead atoms. The number of carbonyl (C=O) groups excluding carboxylic acids is 1. The molecule has 0 aliphatic carbocycles. The average Bonchev–Trinajstić information content (AvgIpc) is 2.64. The number of hydrogen-bond donors (Lipinski definition) is 2. The third-order valence-electron chi connectivity index (χ3n) is 2.83. The van der Waals surface area contributed by atoms with Crippen molar-refractivity contribution < 1.29 is 4.79 Å². The van der Waals surface area contributed by atoms with E-state index < -0.39 is 0 Å². The fraction of sp³-hybridized carbons (Fsp3) is 0.600. The van der Waals surface area contributed by atoms with Gasteiger partial charge < -0.3 is 11.1 Å². The summed E-state index contributed by atoms with van der Waals surface area (Å²) in [6.07, 6.45) is 3.78. The average molecular weight is 223 g/mol. The zero-order valence-electron chi connectivity index (χ0n) is 9.39. The van der Waals surface area contributed by atoms with Gasteiger partial charge in [0.05, 0.1) is 6.20 Å². The molecule has 1 aliphatic rings. The number of nitrogens with zero attached hydrogens (tertiary/aromatic N) is 3. The van der Waals surface area contributed by atoms with Crippen molar-refractivity contribution >= 4 is 5.91 Å². The molecule has 0 saturated carbocycles. The number of nitrogens with one attached hydrogen (secondary N) is 1. The highest BCUT2D eigenvalue weighted by Crippen LogP contribution is 2.09. The van der Waals surface area contributed by atoms with Gasteiger partial charge >= 0.3 is 0 Å². The highest BCUT2D eigenvalue weighted by atomic mass is 16.1. The fourth-order valence-corrected chi connectivity index (χ4v) is 2.00. The highest BCUT2D eigenvalue weighted by Gasteiger charge is 2.26. The lowest BCUT2D eigenvalue weighted by atomic mass is 10.1. The molecule has 1 aliphatic heterocycles. The van der Waals surface area contributed by atoms with Crippen LogP contribution in [0.5, 0.6) is 0 Å². The first kappa shape index (κ1) is 11.1. The van der Waals surface area contributed by atoms with Crippen LogP contribution < -0.4 is 11.1 Å². The first-order valence-corrected chi connectivity index (χ1v) is 5.38. The number of nitrogens with two attached hydrogens (primary N) is 1. The van der Waals surface area contributed by atoms with Crippen molar-refractivity contribution in [3.05, 3.63) is 18.0 Å². The number of hydrogen-bond acceptors (Lipinski definition) is 4. The van der Waals surface area contributed by atoms with Gasteiger partial charge in [0.15, 0.2) is 0 Å². The van der Waals surface area contributed by atoms with Crippen LogP contribution in [-0.2, 0) is 18.4 Å². The molecular weight excluding hydrogens is 206 g/mol. The van der Waals surface area contributed by atoms with Gasteiger partial charge in [-0.1, -0.05) is 0 Å². The molecule has 1 atom stereocenters. The van der Waals surface area contributed by atoms with Crippen LogP contribution in [0, 0.1) is 0 Å². The maximum absolute atomic E-state index is 11.3. The molecule has 1 aromatic rings. The van der Waals surface area contributed by atoms with Crippen LogP contribution in [0.4, 0.5) is 0 Å². The highest BCUT2D eigenvalue weighted by molar-refractivity contribution is 5.80. The van der Waals surface area contributed by atoms with E-state index in [9.17, 15) is 4.79 Å². The lowest BCUT2D eigenvalue weighted by molar-refractivity contribution is -0.124. The minimum absolute atomic E-state index is 0.214. The zero-order valence-corrected chi connectivity index (χ0v) is 9.39. The van der Waals surface area contributed by atoms with E-state index in [0.29, 0.717) is 6.54 Å². The molecule has 0 aromatic carbocycles. The Hall–Kier alpha value is -1.40. The molecule has 6 nitrogen and oxygen atoms in total. The van der Waals surface area contributed by atoms with Gasteiger partial charge in [-0.05, 0) is 0 Å². The Morgan fingerprint density at radius 2 is 2.56 bits per heavy atom. The summed E-state index contributed by atoms with van der Waals surface area (Å²) in [5, 5.41) is 7.28. The molecule has 1 aromatic heterocycles. The standard InChI is InChI=1S/C10H17N5O/c1-14-6-8(4-13-14)7-15-3-2-12-5-9(15)10(11)16/h4,6,9,12H,2-3,5,7H2,1H3,(H2,11,16). The lowest BCUT2D eigenvalue weighted by Gasteiger charge is -2.33. The van der Waals surface area contributed by atoms with Crippen LogP contribution in [-0.4, -0.2) is 46.3 Å². The van der Waals surface area contributed by atoms with Gasteiger partial charge in [-0.25, -0.2) is 0 Å². The van der Waals surface area contributed by atoms with Gasteiger partial charge in [0.25, 0.3) is 0 Å². The van der Waals surface area contributed by atoms with Gasteiger partial charge in [0.1, 0.15) is 6.04 Å². The van der Waals surface area contributed by atoms with E-state index in [1.165, 1.54) is 0 Å². The molecular formula is C10H17N5O. The molecule has 88 valence electrons. The van der Waals surface area contributed by atoms with Crippen LogP contribution in [0.25, 0.3) is 0 Å². The molecule has 1 unspecified atom stereocenters. The van der Waals surface area contributed by atoms with Crippen LogP contribution in [0.15, 0.2) is 12.4 Å². The summed E-state index contributed by atoms with van der Waals surface area (Å²) in [6.45, 7) is 3.09. The number of piperazine rings is 1. The first-order valence-electron chi connectivity index (χ1n) is 5.38. The molecule has 1 amide bonds. The van der Waals surface area contributed by atoms with E-state index in [0.717, 1.165) is 25.2 Å². The molecule has 0 radical (unpaired) electrons. The number of amides is 1. The quantitative estimate of drug-likeness (QED) is 0.666. The molecule has 2 rings (SSSR count). The maximum atomic E-state index is 11.3. The van der Waals surface area contributed by atoms with E-state index in [1.54, 1.807) is 4.68 Å². The molecule has 1 saturated heterocycles. The summed E-state index contributed by atoms with van der Waals surface area (Å²) >= 11 is 0. The normalized spacial score (nSPS) is 22.2. The van der Waals surface area contributed by atoms with Crippen molar-refractivity contribution in [2.45, 2.75) is 12.6 Å². The second kappa shape index (κ2) is 4.63. The van der Waals surface area contributed by atoms with Crippen LogP contribution in [0.1, 0.15) is 5.56 Å². The summed E-state index contributed by atoms with van der Waals surface area (Å²) in [7, 11) is 1.88. The Kier molecular flexibility index (Phi) is 3.21. The van der Waals surface area contributed by atoms with Crippen LogP contribution in [0.2, 0.25) is 0 Å². The molecule has 3 N–H and O–H groups in total. The summed E-state index contributed by atoms with van der Waals surface area (Å²) < 4.78 is 1.76. The Morgan fingerprint density at radius 3 is 3.19 bits per heavy atom. The van der Waals surface area contributed by atoms with E-state index >= 15 is 0 Å². The third-order valence-corrected chi connectivity index (χ3v) is 2.83. The topological polar surface area (TPSA) is 76.2 Å². The van der Waals surface area contributed by atoms with Crippen LogP contribution in [0.3, 0.4) is 0 Å². The van der Waals surface area contributed by atoms with Crippen molar-refractivity contribution in [1.82, 2.24) is 20.0 Å². The van der Waals surface area contributed by atoms with Crippen molar-refractivity contribution in [2.24, 2.45) is 12.8 Å². The van der Waals surface area contributed by atoms with E-state index in [-0.39, 0.29) is 11.9 Å². The van der Waals surface area contributed by atoms with Crippen molar-refractivity contribution in [3.63, 3.8) is 0 Å². The predicted octanol–water partition coefficient (Wildman–Crippen LogP) is -1.32. The minimum atomic E-state index is -0.268. The molecule has 1 fully saturated rings. The largest absolute Gasteiger partial charge is 0.368 e. The summed E-state index contributed by atoms with van der Waals surface area (Å²) in [5.41, 5.74) is 6.48. The molecule has 0 spiro atoms. The third kappa shape index (κ3) is 2.40. The predicted molar refractivity (Wildman–Crippen MR) is 59.5 cm³/mol. The lowest BCUT2D eigenvalue weighted by Crippen LogP contribution is -2.56. The second-order valence-electron chi connectivity index (χ2n) is 4.12. The van der Waals surface area contributed by atoms with E-state index in [1.807, 2.05) is 19.4 Å².